The van der Waals surface area contributed by atoms with E-state index in [1.807, 2.05) is 48.5 Å². The van der Waals surface area contributed by atoms with Crippen LogP contribution in [0.15, 0.2) is 53.0 Å². The van der Waals surface area contributed by atoms with Gasteiger partial charge in [0, 0.05) is 16.2 Å². The first kappa shape index (κ1) is 13.4. The molecular formula is C15H13BrN2O. The fourth-order valence-electron chi connectivity index (χ4n) is 1.76. The average Bonchev–Trinajstić information content (AvgIpc) is 2.45. The lowest BCUT2D eigenvalue weighted by molar-refractivity contribution is 0.415. The molecule has 3 nitrogen and oxygen atoms in total. The van der Waals surface area contributed by atoms with E-state index in [1.54, 1.807) is 7.11 Å². The number of hydrogen-bond donors (Lipinski definition) is 1. The van der Waals surface area contributed by atoms with Gasteiger partial charge in [-0.2, -0.15) is 5.26 Å². The third kappa shape index (κ3) is 3.49. The molecule has 96 valence electrons. The number of nitrogens with zero attached hydrogens (tertiary/aromatic N) is 1. The predicted octanol–water partition coefficient (Wildman–Crippen LogP) is 4.13. The maximum atomic E-state index is 9.30. The van der Waals surface area contributed by atoms with Gasteiger partial charge in [0.2, 0.25) is 0 Å². The third-order valence-corrected chi connectivity index (χ3v) is 3.19. The summed E-state index contributed by atoms with van der Waals surface area (Å²) in [7, 11) is 1.62. The molecule has 0 saturated heterocycles. The lowest BCUT2D eigenvalue weighted by Gasteiger charge is -2.14. The van der Waals surface area contributed by atoms with Crippen molar-refractivity contribution in [3.05, 3.63) is 58.6 Å². The Morgan fingerprint density at radius 1 is 1.21 bits per heavy atom. The second-order valence-corrected chi connectivity index (χ2v) is 4.91. The van der Waals surface area contributed by atoms with E-state index in [9.17, 15) is 5.26 Å². The monoisotopic (exact) mass is 316 g/mol. The van der Waals surface area contributed by atoms with E-state index in [-0.39, 0.29) is 0 Å². The van der Waals surface area contributed by atoms with Crippen LogP contribution in [-0.2, 0) is 0 Å². The molecule has 4 heteroatoms. The van der Waals surface area contributed by atoms with E-state index < -0.39 is 6.04 Å². The van der Waals surface area contributed by atoms with E-state index in [1.165, 1.54) is 0 Å². The quantitative estimate of drug-likeness (QED) is 0.922. The van der Waals surface area contributed by atoms with Crippen LogP contribution in [0, 0.1) is 11.3 Å². The molecule has 0 amide bonds. The van der Waals surface area contributed by atoms with Gasteiger partial charge in [-0.3, -0.25) is 0 Å². The maximum Gasteiger partial charge on any atom is 0.140 e. The van der Waals surface area contributed by atoms with Gasteiger partial charge in [0.05, 0.1) is 13.2 Å². The normalized spacial score (nSPS) is 11.4. The van der Waals surface area contributed by atoms with E-state index in [4.69, 9.17) is 4.74 Å². The zero-order valence-electron chi connectivity index (χ0n) is 10.4. The fraction of sp³-hybridized carbons (Fsp3) is 0.133. The second kappa shape index (κ2) is 6.26. The number of rotatable bonds is 4. The van der Waals surface area contributed by atoms with Gasteiger partial charge in [0.1, 0.15) is 11.8 Å². The Labute approximate surface area is 121 Å². The van der Waals surface area contributed by atoms with Crippen molar-refractivity contribution in [3.8, 4) is 11.8 Å². The van der Waals surface area contributed by atoms with Gasteiger partial charge in [-0.05, 0) is 29.8 Å². The highest BCUT2D eigenvalue weighted by atomic mass is 79.9. The number of ether oxygens (including phenoxy) is 1. The summed E-state index contributed by atoms with van der Waals surface area (Å²) in [6.45, 7) is 0. The van der Waals surface area contributed by atoms with E-state index in [0.717, 1.165) is 21.5 Å². The number of nitriles is 1. The molecule has 0 aliphatic heterocycles. The van der Waals surface area contributed by atoms with Gasteiger partial charge in [-0.15, -0.1) is 0 Å². The highest BCUT2D eigenvalue weighted by Crippen LogP contribution is 2.24. The van der Waals surface area contributed by atoms with Crippen LogP contribution in [0.3, 0.4) is 0 Å². The molecule has 2 aromatic rings. The molecule has 0 spiro atoms. The molecule has 0 saturated carbocycles. The van der Waals surface area contributed by atoms with E-state index in [0.29, 0.717) is 0 Å². The lowest BCUT2D eigenvalue weighted by Crippen LogP contribution is -2.08. The summed E-state index contributed by atoms with van der Waals surface area (Å²) >= 11 is 3.41. The third-order valence-electron chi connectivity index (χ3n) is 2.69. The molecule has 2 aromatic carbocycles. The number of hydrogen-bond acceptors (Lipinski definition) is 3. The van der Waals surface area contributed by atoms with Crippen molar-refractivity contribution in [2.75, 3.05) is 12.4 Å². The zero-order valence-corrected chi connectivity index (χ0v) is 12.0. The first-order chi connectivity index (χ1) is 9.22. The van der Waals surface area contributed by atoms with Gasteiger partial charge in [0.15, 0.2) is 0 Å². The molecule has 0 radical (unpaired) electrons. The number of nitrogens with one attached hydrogen (secondary N) is 1. The number of anilines is 1. The minimum atomic E-state index is -0.399. The number of methoxy groups -OCH3 is 1. The number of benzene rings is 2. The van der Waals surface area contributed by atoms with Crippen LogP contribution in [0.4, 0.5) is 5.69 Å². The SMILES string of the molecule is COc1cccc(NC(C#N)c2cccc(Br)c2)c1. The Morgan fingerprint density at radius 2 is 2.00 bits per heavy atom. The van der Waals surface area contributed by atoms with Crippen LogP contribution in [0.5, 0.6) is 5.75 Å². The van der Waals surface area contributed by atoms with E-state index in [2.05, 4.69) is 27.3 Å². The predicted molar refractivity (Wildman–Crippen MR) is 79.1 cm³/mol. The van der Waals surface area contributed by atoms with Crippen molar-refractivity contribution in [1.82, 2.24) is 0 Å². The van der Waals surface area contributed by atoms with Crippen molar-refractivity contribution in [2.45, 2.75) is 6.04 Å². The minimum Gasteiger partial charge on any atom is -0.497 e. The van der Waals surface area contributed by atoms with Gasteiger partial charge in [-0.1, -0.05) is 34.1 Å². The van der Waals surface area contributed by atoms with Crippen molar-refractivity contribution < 1.29 is 4.74 Å². The summed E-state index contributed by atoms with van der Waals surface area (Å²) in [5, 5.41) is 12.5. The smallest absolute Gasteiger partial charge is 0.140 e. The molecule has 1 N–H and O–H groups in total. The lowest BCUT2D eigenvalue weighted by atomic mass is 10.1. The molecule has 1 atom stereocenters. The van der Waals surface area contributed by atoms with Crippen LogP contribution in [0.25, 0.3) is 0 Å². The Kier molecular flexibility index (Phi) is 4.43. The van der Waals surface area contributed by atoms with Gasteiger partial charge in [-0.25, -0.2) is 0 Å². The van der Waals surface area contributed by atoms with Crippen molar-refractivity contribution >= 4 is 21.6 Å². The summed E-state index contributed by atoms with van der Waals surface area (Å²) in [5.41, 5.74) is 1.77. The highest BCUT2D eigenvalue weighted by molar-refractivity contribution is 9.10. The molecule has 2 rings (SSSR count). The highest BCUT2D eigenvalue weighted by Gasteiger charge is 2.10. The molecule has 0 bridgehead atoms. The van der Waals surface area contributed by atoms with E-state index >= 15 is 0 Å². The molecule has 0 aromatic heterocycles. The van der Waals surface area contributed by atoms with Crippen LogP contribution in [0.2, 0.25) is 0 Å². The molecule has 0 heterocycles. The summed E-state index contributed by atoms with van der Waals surface area (Å²) in [4.78, 5) is 0. The zero-order chi connectivity index (χ0) is 13.7. The van der Waals surface area contributed by atoms with Crippen molar-refractivity contribution in [1.29, 1.82) is 5.26 Å². The van der Waals surface area contributed by atoms with Crippen LogP contribution in [0.1, 0.15) is 11.6 Å². The van der Waals surface area contributed by atoms with Crippen LogP contribution >= 0.6 is 15.9 Å². The minimum absolute atomic E-state index is 0.399. The Balaban J connectivity index is 2.22. The Hall–Kier alpha value is -1.99. The first-order valence-electron chi connectivity index (χ1n) is 5.78. The standard InChI is InChI=1S/C15H13BrN2O/c1-19-14-7-3-6-13(9-14)18-15(10-17)11-4-2-5-12(16)8-11/h2-9,15,18H,1H3. The number of halogens is 1. The molecule has 1 unspecified atom stereocenters. The van der Waals surface area contributed by atoms with Crippen LogP contribution < -0.4 is 10.1 Å². The first-order valence-corrected chi connectivity index (χ1v) is 6.58. The summed E-state index contributed by atoms with van der Waals surface area (Å²) in [5.74, 6) is 0.760. The summed E-state index contributed by atoms with van der Waals surface area (Å²) in [6, 6.07) is 17.1. The molecule has 19 heavy (non-hydrogen) atoms. The molecule has 0 fully saturated rings. The molecule has 0 aliphatic rings. The fourth-order valence-corrected chi connectivity index (χ4v) is 2.17. The molecular weight excluding hydrogens is 304 g/mol. The Morgan fingerprint density at radius 3 is 2.68 bits per heavy atom. The average molecular weight is 317 g/mol. The summed E-state index contributed by atoms with van der Waals surface area (Å²) < 4.78 is 6.12. The molecule has 0 aliphatic carbocycles. The van der Waals surface area contributed by atoms with Gasteiger partial charge < -0.3 is 10.1 Å². The Bertz CT molecular complexity index is 607. The topological polar surface area (TPSA) is 45.0 Å². The van der Waals surface area contributed by atoms with Crippen molar-refractivity contribution in [2.24, 2.45) is 0 Å². The second-order valence-electron chi connectivity index (χ2n) is 3.99. The largest absolute Gasteiger partial charge is 0.497 e. The van der Waals surface area contributed by atoms with Crippen LogP contribution in [-0.4, -0.2) is 7.11 Å². The van der Waals surface area contributed by atoms with Crippen molar-refractivity contribution in [3.63, 3.8) is 0 Å². The van der Waals surface area contributed by atoms with Gasteiger partial charge >= 0.3 is 0 Å². The summed E-state index contributed by atoms with van der Waals surface area (Å²) in [6.07, 6.45) is 0. The van der Waals surface area contributed by atoms with Gasteiger partial charge in [0.25, 0.3) is 0 Å². The maximum absolute atomic E-state index is 9.30.